The van der Waals surface area contributed by atoms with Crippen molar-refractivity contribution in [3.05, 3.63) is 95.3 Å². The summed E-state index contributed by atoms with van der Waals surface area (Å²) in [6.45, 7) is 1.09. The Morgan fingerprint density at radius 3 is 2.52 bits per heavy atom. The number of benzene rings is 2. The zero-order valence-corrected chi connectivity index (χ0v) is 15.6. The van der Waals surface area contributed by atoms with Crippen molar-refractivity contribution in [3.63, 3.8) is 0 Å². The third-order valence-corrected chi connectivity index (χ3v) is 4.89. The Bertz CT molecular complexity index is 1080. The minimum absolute atomic E-state index is 0.0277. The molecule has 6 nitrogen and oxygen atoms in total. The number of pyridine rings is 1. The topological polar surface area (TPSA) is 82.5 Å². The van der Waals surface area contributed by atoms with Gasteiger partial charge in [0.15, 0.2) is 0 Å². The molecule has 0 radical (unpaired) electrons. The van der Waals surface area contributed by atoms with E-state index in [-0.39, 0.29) is 5.91 Å². The number of amides is 2. The van der Waals surface area contributed by atoms with Gasteiger partial charge in [0.1, 0.15) is 0 Å². The quantitative estimate of drug-likeness (QED) is 0.401. The maximum absolute atomic E-state index is 12.8. The van der Waals surface area contributed by atoms with Crippen molar-refractivity contribution in [1.29, 1.82) is 0 Å². The SMILES string of the molecule is O=C(/C=C/c1ccc2c(c1)C(=O)N(Cc1ccc(-c3ccncc3)cc1)C2)NO. The first-order valence-electron chi connectivity index (χ1n) is 9.18. The van der Waals surface area contributed by atoms with E-state index in [1.165, 1.54) is 6.08 Å². The lowest BCUT2D eigenvalue weighted by Crippen LogP contribution is -2.23. The maximum Gasteiger partial charge on any atom is 0.267 e. The Kier molecular flexibility index (Phi) is 5.18. The van der Waals surface area contributed by atoms with Gasteiger partial charge in [-0.05, 0) is 52.1 Å². The van der Waals surface area contributed by atoms with Crippen molar-refractivity contribution in [2.24, 2.45) is 0 Å². The van der Waals surface area contributed by atoms with Crippen LogP contribution in [0.4, 0.5) is 0 Å². The lowest BCUT2D eigenvalue weighted by Gasteiger charge is -2.16. The fraction of sp³-hybridized carbons (Fsp3) is 0.0870. The van der Waals surface area contributed by atoms with E-state index in [0.717, 1.165) is 27.8 Å². The minimum atomic E-state index is -0.617. The van der Waals surface area contributed by atoms with Gasteiger partial charge in [0.2, 0.25) is 0 Å². The summed E-state index contributed by atoms with van der Waals surface area (Å²) in [4.78, 5) is 29.8. The Morgan fingerprint density at radius 2 is 1.79 bits per heavy atom. The summed E-state index contributed by atoms with van der Waals surface area (Å²) in [7, 11) is 0. The second-order valence-electron chi connectivity index (χ2n) is 6.82. The number of carbonyl (C=O) groups excluding carboxylic acids is 2. The molecule has 144 valence electrons. The van der Waals surface area contributed by atoms with Gasteiger partial charge >= 0.3 is 0 Å². The average Bonchev–Trinajstić information content (AvgIpc) is 3.08. The van der Waals surface area contributed by atoms with E-state index >= 15 is 0 Å². The van der Waals surface area contributed by atoms with Gasteiger partial charge in [-0.2, -0.15) is 0 Å². The van der Waals surface area contributed by atoms with E-state index in [1.54, 1.807) is 34.9 Å². The molecule has 3 aromatic rings. The smallest absolute Gasteiger partial charge is 0.267 e. The van der Waals surface area contributed by atoms with Crippen LogP contribution < -0.4 is 5.48 Å². The number of rotatable bonds is 5. The predicted molar refractivity (Wildman–Crippen MR) is 109 cm³/mol. The molecule has 0 spiro atoms. The van der Waals surface area contributed by atoms with E-state index in [9.17, 15) is 9.59 Å². The number of fused-ring (bicyclic) bond motifs is 1. The number of hydroxylamine groups is 1. The van der Waals surface area contributed by atoms with Crippen LogP contribution in [0.25, 0.3) is 17.2 Å². The molecule has 0 bridgehead atoms. The van der Waals surface area contributed by atoms with Gasteiger partial charge in [-0.3, -0.25) is 19.8 Å². The van der Waals surface area contributed by atoms with Gasteiger partial charge in [-0.1, -0.05) is 36.4 Å². The van der Waals surface area contributed by atoms with Crippen molar-refractivity contribution >= 4 is 17.9 Å². The molecule has 0 atom stereocenters. The molecule has 0 saturated heterocycles. The normalized spacial score (nSPS) is 13.0. The van der Waals surface area contributed by atoms with Crippen LogP contribution in [-0.2, 0) is 17.9 Å². The summed E-state index contributed by atoms with van der Waals surface area (Å²) >= 11 is 0. The first-order valence-corrected chi connectivity index (χ1v) is 9.18. The molecule has 2 aromatic carbocycles. The highest BCUT2D eigenvalue weighted by Crippen LogP contribution is 2.27. The second-order valence-corrected chi connectivity index (χ2v) is 6.82. The standard InChI is InChI=1S/C23H19N3O3/c27-22(25-29)8-4-16-1-7-20-15-26(23(28)21(20)13-16)14-17-2-5-18(6-3-17)19-9-11-24-12-10-19/h1-13,29H,14-15H2,(H,25,27)/b8-4+. The Balaban J connectivity index is 1.47. The highest BCUT2D eigenvalue weighted by Gasteiger charge is 2.27. The Labute approximate surface area is 168 Å². The van der Waals surface area contributed by atoms with Gasteiger partial charge in [-0.15, -0.1) is 0 Å². The number of nitrogens with one attached hydrogen (secondary N) is 1. The summed E-state index contributed by atoms with van der Waals surface area (Å²) in [5.74, 6) is -0.645. The number of carbonyl (C=O) groups is 2. The van der Waals surface area contributed by atoms with Gasteiger partial charge in [0.25, 0.3) is 11.8 Å². The third kappa shape index (κ3) is 4.07. The monoisotopic (exact) mass is 385 g/mol. The van der Waals surface area contributed by atoms with E-state index in [1.807, 2.05) is 48.5 Å². The molecule has 6 heteroatoms. The van der Waals surface area contributed by atoms with Gasteiger partial charge in [0.05, 0.1) is 0 Å². The largest absolute Gasteiger partial charge is 0.330 e. The minimum Gasteiger partial charge on any atom is -0.330 e. The molecule has 2 N–H and O–H groups in total. The van der Waals surface area contributed by atoms with Crippen molar-refractivity contribution in [1.82, 2.24) is 15.4 Å². The van der Waals surface area contributed by atoms with Gasteiger partial charge < -0.3 is 4.90 Å². The molecule has 2 amide bonds. The van der Waals surface area contributed by atoms with Crippen molar-refractivity contribution in [3.8, 4) is 11.1 Å². The molecule has 29 heavy (non-hydrogen) atoms. The molecule has 4 rings (SSSR count). The number of aromatic nitrogens is 1. The van der Waals surface area contributed by atoms with E-state index in [0.29, 0.717) is 18.7 Å². The fourth-order valence-corrected chi connectivity index (χ4v) is 3.39. The zero-order valence-electron chi connectivity index (χ0n) is 15.6. The third-order valence-electron chi connectivity index (χ3n) is 4.89. The van der Waals surface area contributed by atoms with Crippen molar-refractivity contribution in [2.45, 2.75) is 13.1 Å². The van der Waals surface area contributed by atoms with Gasteiger partial charge in [-0.25, -0.2) is 5.48 Å². The molecule has 1 aliphatic heterocycles. The number of hydrogen-bond donors (Lipinski definition) is 2. The van der Waals surface area contributed by atoms with E-state index in [4.69, 9.17) is 5.21 Å². The molecule has 0 aliphatic carbocycles. The van der Waals surface area contributed by atoms with E-state index in [2.05, 4.69) is 4.98 Å². The van der Waals surface area contributed by atoms with Crippen LogP contribution >= 0.6 is 0 Å². The summed E-state index contributed by atoms with van der Waals surface area (Å²) in [6, 6.07) is 17.6. The molecule has 0 fully saturated rings. The lowest BCUT2D eigenvalue weighted by atomic mass is 10.1. The highest BCUT2D eigenvalue weighted by atomic mass is 16.5. The molecule has 1 aromatic heterocycles. The fourth-order valence-electron chi connectivity index (χ4n) is 3.39. The Hall–Kier alpha value is -3.77. The molecular weight excluding hydrogens is 366 g/mol. The van der Waals surface area contributed by atoms with Crippen LogP contribution in [0.5, 0.6) is 0 Å². The highest BCUT2D eigenvalue weighted by molar-refractivity contribution is 5.99. The first kappa shape index (κ1) is 18.6. The summed E-state index contributed by atoms with van der Waals surface area (Å²) < 4.78 is 0. The summed E-state index contributed by atoms with van der Waals surface area (Å²) in [5, 5.41) is 8.55. The number of hydrogen-bond acceptors (Lipinski definition) is 4. The van der Waals surface area contributed by atoms with Crippen LogP contribution in [0.3, 0.4) is 0 Å². The summed E-state index contributed by atoms with van der Waals surface area (Å²) in [5.41, 5.74) is 7.14. The molecule has 2 heterocycles. The van der Waals surface area contributed by atoms with Crippen LogP contribution in [0.1, 0.15) is 27.0 Å². The molecule has 1 aliphatic rings. The predicted octanol–water partition coefficient (Wildman–Crippen LogP) is 3.42. The molecular formula is C23H19N3O3. The average molecular weight is 385 g/mol. The van der Waals surface area contributed by atoms with Crippen molar-refractivity contribution in [2.75, 3.05) is 0 Å². The van der Waals surface area contributed by atoms with Crippen LogP contribution in [0, 0.1) is 0 Å². The van der Waals surface area contributed by atoms with Crippen LogP contribution in [0.15, 0.2) is 73.1 Å². The maximum atomic E-state index is 12.8. The van der Waals surface area contributed by atoms with E-state index < -0.39 is 5.91 Å². The zero-order chi connectivity index (χ0) is 20.2. The Morgan fingerprint density at radius 1 is 1.07 bits per heavy atom. The van der Waals surface area contributed by atoms with Crippen molar-refractivity contribution < 1.29 is 14.8 Å². The molecule has 0 saturated carbocycles. The lowest BCUT2D eigenvalue weighted by molar-refractivity contribution is -0.124. The van der Waals surface area contributed by atoms with Crippen LogP contribution in [-0.4, -0.2) is 26.9 Å². The first-order chi connectivity index (χ1) is 14.1. The molecule has 0 unspecified atom stereocenters. The van der Waals surface area contributed by atoms with Gasteiger partial charge in [0, 0.05) is 37.1 Å². The van der Waals surface area contributed by atoms with Crippen LogP contribution in [0.2, 0.25) is 0 Å². The number of nitrogens with zero attached hydrogens (tertiary/aromatic N) is 2. The summed E-state index contributed by atoms with van der Waals surface area (Å²) in [6.07, 6.45) is 6.30. The second kappa shape index (κ2) is 8.08.